The third-order valence-corrected chi connectivity index (χ3v) is 4.32. The second-order valence-corrected chi connectivity index (χ2v) is 6.96. The molecule has 1 saturated carbocycles. The molecule has 1 aliphatic rings. The SMILES string of the molecule is COc1ccc(C)cc1CCC(C)(C)CCNC1CC1. The van der Waals surface area contributed by atoms with Gasteiger partial charge in [0.05, 0.1) is 7.11 Å². The van der Waals surface area contributed by atoms with Gasteiger partial charge in [-0.15, -0.1) is 0 Å². The maximum atomic E-state index is 5.47. The van der Waals surface area contributed by atoms with Crippen LogP contribution in [-0.2, 0) is 6.42 Å². The van der Waals surface area contributed by atoms with Crippen molar-refractivity contribution in [1.82, 2.24) is 5.32 Å². The number of benzene rings is 1. The van der Waals surface area contributed by atoms with E-state index >= 15 is 0 Å². The molecule has 2 nitrogen and oxygen atoms in total. The van der Waals surface area contributed by atoms with E-state index in [0.717, 1.165) is 24.8 Å². The number of hydrogen-bond donors (Lipinski definition) is 1. The highest BCUT2D eigenvalue weighted by molar-refractivity contribution is 5.37. The Morgan fingerprint density at radius 2 is 2.00 bits per heavy atom. The van der Waals surface area contributed by atoms with Gasteiger partial charge in [0.15, 0.2) is 0 Å². The molecule has 1 fully saturated rings. The molecule has 1 aromatic carbocycles. The van der Waals surface area contributed by atoms with Crippen LogP contribution in [0, 0.1) is 12.3 Å². The molecule has 1 N–H and O–H groups in total. The largest absolute Gasteiger partial charge is 0.496 e. The van der Waals surface area contributed by atoms with E-state index in [2.05, 4.69) is 44.3 Å². The molecule has 1 aromatic rings. The fourth-order valence-electron chi connectivity index (χ4n) is 2.60. The monoisotopic (exact) mass is 275 g/mol. The van der Waals surface area contributed by atoms with Gasteiger partial charge in [0.25, 0.3) is 0 Å². The highest BCUT2D eigenvalue weighted by atomic mass is 16.5. The predicted octanol–water partition coefficient (Wildman–Crippen LogP) is 4.10. The molecular weight excluding hydrogens is 246 g/mol. The third kappa shape index (κ3) is 4.82. The lowest BCUT2D eigenvalue weighted by atomic mass is 9.83. The van der Waals surface area contributed by atoms with E-state index in [-0.39, 0.29) is 0 Å². The quantitative estimate of drug-likeness (QED) is 0.771. The van der Waals surface area contributed by atoms with Gasteiger partial charge in [-0.2, -0.15) is 0 Å². The first-order valence-corrected chi connectivity index (χ1v) is 7.87. The molecule has 0 radical (unpaired) electrons. The summed E-state index contributed by atoms with van der Waals surface area (Å²) in [5.41, 5.74) is 3.04. The van der Waals surface area contributed by atoms with Gasteiger partial charge in [0, 0.05) is 6.04 Å². The zero-order valence-electron chi connectivity index (χ0n) is 13.5. The van der Waals surface area contributed by atoms with Crippen LogP contribution in [0.2, 0.25) is 0 Å². The van der Waals surface area contributed by atoms with Crippen LogP contribution in [0.3, 0.4) is 0 Å². The number of rotatable bonds is 8. The number of ether oxygens (including phenoxy) is 1. The summed E-state index contributed by atoms with van der Waals surface area (Å²) in [5, 5.41) is 3.62. The van der Waals surface area contributed by atoms with Crippen LogP contribution in [0.25, 0.3) is 0 Å². The molecule has 0 unspecified atom stereocenters. The first-order valence-electron chi connectivity index (χ1n) is 7.87. The highest BCUT2D eigenvalue weighted by Crippen LogP contribution is 2.30. The molecule has 0 spiro atoms. The summed E-state index contributed by atoms with van der Waals surface area (Å²) in [4.78, 5) is 0. The zero-order valence-corrected chi connectivity index (χ0v) is 13.5. The van der Waals surface area contributed by atoms with Crippen LogP contribution in [-0.4, -0.2) is 19.7 Å². The van der Waals surface area contributed by atoms with Crippen LogP contribution in [0.15, 0.2) is 18.2 Å². The molecule has 112 valence electrons. The van der Waals surface area contributed by atoms with Crippen LogP contribution < -0.4 is 10.1 Å². The Morgan fingerprint density at radius 1 is 1.25 bits per heavy atom. The van der Waals surface area contributed by atoms with Crippen molar-refractivity contribution in [2.45, 2.75) is 58.9 Å². The summed E-state index contributed by atoms with van der Waals surface area (Å²) in [6, 6.07) is 7.29. The van der Waals surface area contributed by atoms with Gasteiger partial charge in [-0.1, -0.05) is 31.5 Å². The highest BCUT2D eigenvalue weighted by Gasteiger charge is 2.23. The van der Waals surface area contributed by atoms with E-state index in [0.29, 0.717) is 5.41 Å². The first-order chi connectivity index (χ1) is 9.50. The van der Waals surface area contributed by atoms with Gasteiger partial charge in [0.2, 0.25) is 0 Å². The minimum atomic E-state index is 0.386. The second-order valence-electron chi connectivity index (χ2n) is 6.96. The van der Waals surface area contributed by atoms with Crippen LogP contribution in [0.5, 0.6) is 5.75 Å². The smallest absolute Gasteiger partial charge is 0.122 e. The molecule has 1 aliphatic carbocycles. The van der Waals surface area contributed by atoms with Crippen LogP contribution in [0.4, 0.5) is 0 Å². The summed E-state index contributed by atoms with van der Waals surface area (Å²) < 4.78 is 5.47. The number of nitrogens with one attached hydrogen (secondary N) is 1. The van der Waals surface area contributed by atoms with Gasteiger partial charge in [-0.3, -0.25) is 0 Å². The molecule has 2 rings (SSSR count). The Bertz CT molecular complexity index is 435. The van der Waals surface area contributed by atoms with Crippen molar-refractivity contribution in [3.8, 4) is 5.75 Å². The van der Waals surface area contributed by atoms with E-state index in [1.807, 2.05) is 0 Å². The molecule has 0 amide bonds. The average Bonchev–Trinajstić information content (AvgIpc) is 3.21. The van der Waals surface area contributed by atoms with Crippen molar-refractivity contribution in [2.75, 3.05) is 13.7 Å². The van der Waals surface area contributed by atoms with Crippen molar-refractivity contribution in [2.24, 2.45) is 5.41 Å². The topological polar surface area (TPSA) is 21.3 Å². The summed E-state index contributed by atoms with van der Waals surface area (Å²) in [7, 11) is 1.76. The van der Waals surface area contributed by atoms with Crippen molar-refractivity contribution in [3.63, 3.8) is 0 Å². The van der Waals surface area contributed by atoms with E-state index in [1.165, 1.54) is 36.8 Å². The Labute approximate surface area is 123 Å². The van der Waals surface area contributed by atoms with Gasteiger partial charge in [-0.25, -0.2) is 0 Å². The fourth-order valence-corrected chi connectivity index (χ4v) is 2.60. The Morgan fingerprint density at radius 3 is 2.65 bits per heavy atom. The number of methoxy groups -OCH3 is 1. The molecule has 0 heterocycles. The van der Waals surface area contributed by atoms with Crippen molar-refractivity contribution in [1.29, 1.82) is 0 Å². The van der Waals surface area contributed by atoms with E-state index in [4.69, 9.17) is 4.74 Å². The average molecular weight is 275 g/mol. The molecule has 0 saturated heterocycles. The van der Waals surface area contributed by atoms with Gasteiger partial charge < -0.3 is 10.1 Å². The van der Waals surface area contributed by atoms with Gasteiger partial charge >= 0.3 is 0 Å². The number of aryl methyl sites for hydroxylation is 2. The Hall–Kier alpha value is -1.02. The summed E-state index contributed by atoms with van der Waals surface area (Å²) in [6.07, 6.45) is 6.31. The summed E-state index contributed by atoms with van der Waals surface area (Å²) in [6.45, 7) is 8.06. The third-order valence-electron chi connectivity index (χ3n) is 4.32. The van der Waals surface area contributed by atoms with Gasteiger partial charge in [-0.05, 0) is 62.6 Å². The minimum Gasteiger partial charge on any atom is -0.496 e. The van der Waals surface area contributed by atoms with E-state index < -0.39 is 0 Å². The van der Waals surface area contributed by atoms with Crippen molar-refractivity contribution in [3.05, 3.63) is 29.3 Å². The van der Waals surface area contributed by atoms with E-state index in [1.54, 1.807) is 7.11 Å². The Kier molecular flexibility index (Phi) is 5.09. The molecule has 0 aromatic heterocycles. The lowest BCUT2D eigenvalue weighted by Gasteiger charge is -2.25. The molecule has 0 aliphatic heterocycles. The lowest BCUT2D eigenvalue weighted by Crippen LogP contribution is -2.24. The maximum absolute atomic E-state index is 5.47. The first kappa shape index (κ1) is 15.4. The van der Waals surface area contributed by atoms with Crippen molar-refractivity contribution >= 4 is 0 Å². The molecule has 0 bridgehead atoms. The normalized spacial score (nSPS) is 15.4. The molecule has 0 atom stereocenters. The van der Waals surface area contributed by atoms with Crippen LogP contribution in [0.1, 0.15) is 50.7 Å². The Balaban J connectivity index is 1.84. The lowest BCUT2D eigenvalue weighted by molar-refractivity contribution is 0.300. The molecule has 2 heteroatoms. The standard InChI is InChI=1S/C18H29NO/c1-14-5-8-17(20-4)15(13-14)9-10-18(2,3)11-12-19-16-6-7-16/h5,8,13,16,19H,6-7,9-12H2,1-4H3. The molecule has 20 heavy (non-hydrogen) atoms. The minimum absolute atomic E-state index is 0.386. The summed E-state index contributed by atoms with van der Waals surface area (Å²) >= 11 is 0. The number of hydrogen-bond acceptors (Lipinski definition) is 2. The van der Waals surface area contributed by atoms with E-state index in [9.17, 15) is 0 Å². The zero-order chi connectivity index (χ0) is 14.6. The van der Waals surface area contributed by atoms with Crippen molar-refractivity contribution < 1.29 is 4.74 Å². The maximum Gasteiger partial charge on any atom is 0.122 e. The van der Waals surface area contributed by atoms with Gasteiger partial charge in [0.1, 0.15) is 5.75 Å². The molecular formula is C18H29NO. The summed E-state index contributed by atoms with van der Waals surface area (Å²) in [5.74, 6) is 1.03. The van der Waals surface area contributed by atoms with Crippen LogP contribution >= 0.6 is 0 Å². The fraction of sp³-hybridized carbons (Fsp3) is 0.667. The predicted molar refractivity (Wildman–Crippen MR) is 85.5 cm³/mol. The second kappa shape index (κ2) is 6.62.